The Hall–Kier alpha value is -0.120. The molecule has 0 aliphatic heterocycles. The molecule has 0 aromatic heterocycles. The van der Waals surface area contributed by atoms with Crippen LogP contribution in [0.4, 0.5) is 0 Å². The van der Waals surface area contributed by atoms with Crippen molar-refractivity contribution in [2.75, 3.05) is 19.6 Å². The van der Waals surface area contributed by atoms with Gasteiger partial charge < -0.3 is 15.7 Å². The minimum atomic E-state index is -0.676. The van der Waals surface area contributed by atoms with Crippen LogP contribution in [0, 0.1) is 0 Å². The summed E-state index contributed by atoms with van der Waals surface area (Å²) < 4.78 is 0. The number of hydrogen-bond acceptors (Lipinski definition) is 3. The zero-order valence-electron chi connectivity index (χ0n) is 12.9. The third-order valence-corrected chi connectivity index (χ3v) is 3.63. The van der Waals surface area contributed by atoms with Crippen molar-refractivity contribution in [3.8, 4) is 0 Å². The first-order valence-corrected chi connectivity index (χ1v) is 7.59. The Kier molecular flexibility index (Phi) is 9.70. The number of nitrogens with zero attached hydrogens (tertiary/aromatic N) is 1. The summed E-state index contributed by atoms with van der Waals surface area (Å²) >= 11 is 0. The van der Waals surface area contributed by atoms with Crippen molar-refractivity contribution >= 4 is 0 Å². The van der Waals surface area contributed by atoms with Gasteiger partial charge >= 0.3 is 0 Å². The quantitative estimate of drug-likeness (QED) is 0.560. The van der Waals surface area contributed by atoms with Gasteiger partial charge in [-0.2, -0.15) is 0 Å². The zero-order valence-corrected chi connectivity index (χ0v) is 12.9. The van der Waals surface area contributed by atoms with Gasteiger partial charge in [-0.05, 0) is 59.5 Å². The van der Waals surface area contributed by atoms with Crippen LogP contribution in [0.15, 0.2) is 0 Å². The molecular weight excluding hydrogens is 224 g/mol. The van der Waals surface area contributed by atoms with Gasteiger partial charge in [0.1, 0.15) is 0 Å². The number of aliphatic hydroxyl groups is 1. The predicted octanol–water partition coefficient (Wildman–Crippen LogP) is 2.77. The van der Waals surface area contributed by atoms with E-state index >= 15 is 0 Å². The second kappa shape index (κ2) is 9.76. The fraction of sp³-hybridized carbons (Fsp3) is 1.00. The monoisotopic (exact) mass is 258 g/mol. The molecule has 0 aliphatic carbocycles. The second-order valence-corrected chi connectivity index (χ2v) is 5.99. The Morgan fingerprint density at radius 2 is 1.67 bits per heavy atom. The van der Waals surface area contributed by atoms with E-state index in [1.807, 2.05) is 6.92 Å². The first-order valence-electron chi connectivity index (χ1n) is 7.59. The van der Waals surface area contributed by atoms with E-state index in [4.69, 9.17) is 5.73 Å². The summed E-state index contributed by atoms with van der Waals surface area (Å²) in [6.07, 6.45) is 6.93. The summed E-state index contributed by atoms with van der Waals surface area (Å²) in [5, 5.41) is 9.83. The van der Waals surface area contributed by atoms with E-state index in [9.17, 15) is 5.11 Å². The zero-order chi connectivity index (χ0) is 14.0. The SMILES string of the molecule is CCCCCN(CCCCC(C)(O)CN)C(C)C. The van der Waals surface area contributed by atoms with Crippen molar-refractivity contribution in [1.29, 1.82) is 0 Å². The fourth-order valence-corrected chi connectivity index (χ4v) is 2.12. The van der Waals surface area contributed by atoms with Crippen LogP contribution in [0.5, 0.6) is 0 Å². The van der Waals surface area contributed by atoms with Gasteiger partial charge in [0.15, 0.2) is 0 Å². The lowest BCUT2D eigenvalue weighted by molar-refractivity contribution is 0.0560. The molecule has 1 atom stereocenters. The Labute approximate surface area is 114 Å². The van der Waals surface area contributed by atoms with E-state index in [2.05, 4.69) is 25.7 Å². The molecular formula is C15H34N2O. The smallest absolute Gasteiger partial charge is 0.0741 e. The van der Waals surface area contributed by atoms with E-state index in [1.165, 1.54) is 25.8 Å². The summed E-state index contributed by atoms with van der Waals surface area (Å²) in [6, 6.07) is 0.622. The largest absolute Gasteiger partial charge is 0.389 e. The molecule has 0 aromatic rings. The lowest BCUT2D eigenvalue weighted by atomic mass is 9.99. The summed E-state index contributed by atoms with van der Waals surface area (Å²) in [5.74, 6) is 0. The molecule has 3 heteroatoms. The molecule has 18 heavy (non-hydrogen) atoms. The molecule has 0 saturated carbocycles. The predicted molar refractivity (Wildman–Crippen MR) is 79.8 cm³/mol. The number of hydrogen-bond donors (Lipinski definition) is 2. The molecule has 3 nitrogen and oxygen atoms in total. The molecule has 0 bridgehead atoms. The van der Waals surface area contributed by atoms with Gasteiger partial charge in [-0.1, -0.05) is 19.8 Å². The Morgan fingerprint density at radius 1 is 1.11 bits per heavy atom. The van der Waals surface area contributed by atoms with Crippen molar-refractivity contribution in [2.45, 2.75) is 77.9 Å². The van der Waals surface area contributed by atoms with Crippen LogP contribution >= 0.6 is 0 Å². The fourth-order valence-electron chi connectivity index (χ4n) is 2.12. The average molecular weight is 258 g/mol. The lowest BCUT2D eigenvalue weighted by Gasteiger charge is -2.27. The van der Waals surface area contributed by atoms with E-state index in [0.29, 0.717) is 12.6 Å². The van der Waals surface area contributed by atoms with Crippen LogP contribution < -0.4 is 5.73 Å². The molecule has 3 N–H and O–H groups in total. The van der Waals surface area contributed by atoms with E-state index < -0.39 is 5.60 Å². The molecule has 1 unspecified atom stereocenters. The van der Waals surface area contributed by atoms with Gasteiger partial charge in [-0.3, -0.25) is 0 Å². The van der Waals surface area contributed by atoms with Crippen LogP contribution in [-0.4, -0.2) is 41.3 Å². The van der Waals surface area contributed by atoms with Gasteiger partial charge in [-0.25, -0.2) is 0 Å². The molecule has 0 spiro atoms. The molecule has 0 rings (SSSR count). The van der Waals surface area contributed by atoms with Gasteiger partial charge in [0.25, 0.3) is 0 Å². The number of nitrogens with two attached hydrogens (primary N) is 1. The van der Waals surface area contributed by atoms with Crippen molar-refractivity contribution < 1.29 is 5.11 Å². The summed E-state index contributed by atoms with van der Waals surface area (Å²) in [5.41, 5.74) is 4.84. The van der Waals surface area contributed by atoms with Crippen molar-refractivity contribution in [3.05, 3.63) is 0 Å². The Morgan fingerprint density at radius 3 is 2.11 bits per heavy atom. The van der Waals surface area contributed by atoms with Crippen molar-refractivity contribution in [1.82, 2.24) is 4.90 Å². The normalized spacial score (nSPS) is 15.3. The van der Waals surface area contributed by atoms with Crippen LogP contribution in [0.1, 0.15) is 66.2 Å². The molecule has 0 aromatic carbocycles. The molecule has 0 radical (unpaired) electrons. The van der Waals surface area contributed by atoms with Gasteiger partial charge in [0.05, 0.1) is 5.60 Å². The number of unbranched alkanes of at least 4 members (excludes halogenated alkanes) is 3. The third kappa shape index (κ3) is 8.90. The highest BCUT2D eigenvalue weighted by Crippen LogP contribution is 2.13. The summed E-state index contributed by atoms with van der Waals surface area (Å²) in [7, 11) is 0. The minimum Gasteiger partial charge on any atom is -0.389 e. The molecule has 0 fully saturated rings. The first-order chi connectivity index (χ1) is 8.43. The summed E-state index contributed by atoms with van der Waals surface area (Å²) in [4.78, 5) is 2.55. The molecule has 0 heterocycles. The highest BCUT2D eigenvalue weighted by atomic mass is 16.3. The van der Waals surface area contributed by atoms with Crippen molar-refractivity contribution in [3.63, 3.8) is 0 Å². The van der Waals surface area contributed by atoms with Crippen LogP contribution in [-0.2, 0) is 0 Å². The maximum atomic E-state index is 9.83. The van der Waals surface area contributed by atoms with Gasteiger partial charge in [0.2, 0.25) is 0 Å². The topological polar surface area (TPSA) is 49.5 Å². The summed E-state index contributed by atoms with van der Waals surface area (Å²) in [6.45, 7) is 11.3. The Bertz CT molecular complexity index is 193. The highest BCUT2D eigenvalue weighted by Gasteiger charge is 2.17. The minimum absolute atomic E-state index is 0.359. The maximum absolute atomic E-state index is 9.83. The average Bonchev–Trinajstić information content (AvgIpc) is 2.32. The van der Waals surface area contributed by atoms with Gasteiger partial charge in [-0.15, -0.1) is 0 Å². The van der Waals surface area contributed by atoms with Gasteiger partial charge in [0, 0.05) is 12.6 Å². The van der Waals surface area contributed by atoms with E-state index in [-0.39, 0.29) is 0 Å². The van der Waals surface area contributed by atoms with E-state index in [0.717, 1.165) is 25.8 Å². The highest BCUT2D eigenvalue weighted by molar-refractivity contribution is 4.73. The lowest BCUT2D eigenvalue weighted by Crippen LogP contribution is -2.35. The van der Waals surface area contributed by atoms with Crippen LogP contribution in [0.2, 0.25) is 0 Å². The standard InChI is InChI=1S/C15H34N2O/c1-5-6-8-11-17(14(2)3)12-9-7-10-15(4,18)13-16/h14,18H,5-13,16H2,1-4H3. The van der Waals surface area contributed by atoms with Crippen LogP contribution in [0.25, 0.3) is 0 Å². The van der Waals surface area contributed by atoms with E-state index in [1.54, 1.807) is 0 Å². The Balaban J connectivity index is 3.77. The third-order valence-electron chi connectivity index (χ3n) is 3.63. The molecule has 0 saturated heterocycles. The molecule has 0 amide bonds. The molecule has 0 aliphatic rings. The first kappa shape index (κ1) is 17.9. The molecule has 110 valence electrons. The maximum Gasteiger partial charge on any atom is 0.0741 e. The second-order valence-electron chi connectivity index (χ2n) is 5.99. The van der Waals surface area contributed by atoms with Crippen LogP contribution in [0.3, 0.4) is 0 Å². The van der Waals surface area contributed by atoms with Crippen molar-refractivity contribution in [2.24, 2.45) is 5.73 Å². The number of rotatable bonds is 11.